The molecule has 0 fully saturated rings. The fourth-order valence-corrected chi connectivity index (χ4v) is 0.436. The summed E-state index contributed by atoms with van der Waals surface area (Å²) in [5.74, 6) is -4.00. The average Bonchev–Trinajstić information content (AvgIpc) is 1.84. The number of ketones is 1. The molecule has 0 spiro atoms. The molecule has 0 aromatic heterocycles. The molecule has 0 bridgehead atoms. The van der Waals surface area contributed by atoms with Crippen LogP contribution in [-0.2, 0) is 18.9 Å². The van der Waals surface area contributed by atoms with Crippen molar-refractivity contribution in [1.82, 2.24) is 0 Å². The van der Waals surface area contributed by atoms with Gasteiger partial charge in [0, 0.05) is 0 Å². The Kier molecular flexibility index (Phi) is 2.79. The molecule has 1 atom stereocenters. The van der Waals surface area contributed by atoms with Crippen molar-refractivity contribution in [2.24, 2.45) is 0 Å². The predicted molar refractivity (Wildman–Crippen MR) is 25.3 cm³/mol. The van der Waals surface area contributed by atoms with Crippen molar-refractivity contribution in [3.8, 4) is 0 Å². The van der Waals surface area contributed by atoms with Gasteiger partial charge in [0.2, 0.25) is 0 Å². The molecule has 0 aliphatic heterocycles. The second-order valence-corrected chi connectivity index (χ2v) is 2.12. The number of carboxylic acid groups (broad SMARTS) is 1. The highest BCUT2D eigenvalue weighted by molar-refractivity contribution is 7.61. The van der Waals surface area contributed by atoms with E-state index in [1.54, 1.807) is 0 Å². The van der Waals surface area contributed by atoms with E-state index in [1.165, 1.54) is 0 Å². The van der Waals surface area contributed by atoms with Crippen LogP contribution < -0.4 is 4.89 Å². The van der Waals surface area contributed by atoms with Gasteiger partial charge in [-0.05, 0) is 0 Å². The minimum atomic E-state index is -3.60. The van der Waals surface area contributed by atoms with Crippen molar-refractivity contribution < 1.29 is 28.9 Å². The Balaban J connectivity index is 4.39. The van der Waals surface area contributed by atoms with Crippen LogP contribution in [0.1, 0.15) is 0 Å². The van der Waals surface area contributed by atoms with Crippen LogP contribution in [0.4, 0.5) is 0 Å². The number of carbonyl (C=O) groups excluding carboxylic acids is 2. The van der Waals surface area contributed by atoms with Gasteiger partial charge < -0.3 is 10.00 Å². The Morgan fingerprint density at radius 1 is 1.30 bits per heavy atom. The number of hydrogen-bond acceptors (Lipinski definition) is 5. The van der Waals surface area contributed by atoms with Gasteiger partial charge in [-0.1, -0.05) is 4.57 Å². The third-order valence-electron chi connectivity index (χ3n) is 0.554. The van der Waals surface area contributed by atoms with Crippen molar-refractivity contribution >= 4 is 25.3 Å². The molecule has 54 valence electrons. The first kappa shape index (κ1) is 8.87. The van der Waals surface area contributed by atoms with Crippen LogP contribution in [0.2, 0.25) is 0 Å². The van der Waals surface area contributed by atoms with Crippen molar-refractivity contribution in [1.29, 1.82) is 0 Å². The minimum Gasteiger partial charge on any atom is -0.588 e. The lowest BCUT2D eigenvalue weighted by Gasteiger charge is -1.81. The average molecular weight is 164 g/mol. The van der Waals surface area contributed by atoms with E-state index in [2.05, 4.69) is 0 Å². The molecule has 0 rings (SSSR count). The van der Waals surface area contributed by atoms with Crippen LogP contribution in [0.5, 0.6) is 0 Å². The molecular weight excluding hydrogens is 163 g/mol. The van der Waals surface area contributed by atoms with Gasteiger partial charge in [0.05, 0.1) is 0 Å². The van der Waals surface area contributed by atoms with Crippen LogP contribution >= 0.6 is 8.03 Å². The molecule has 0 heterocycles. The molecule has 0 aliphatic rings. The summed E-state index contributed by atoms with van der Waals surface area (Å²) >= 11 is 0. The standard InChI is InChI=1S/C3HO6P/c4-1(2(5)6)3(7)10(8)9/h(H,5,6). The van der Waals surface area contributed by atoms with E-state index in [4.69, 9.17) is 5.11 Å². The third kappa shape index (κ3) is 2.00. The maximum atomic E-state index is 9.96. The second kappa shape index (κ2) is 3.14. The second-order valence-electron chi connectivity index (χ2n) is 1.20. The van der Waals surface area contributed by atoms with E-state index in [-0.39, 0.29) is 0 Å². The highest BCUT2D eigenvalue weighted by Crippen LogP contribution is 2.08. The smallest absolute Gasteiger partial charge is 0.439 e. The molecule has 0 radical (unpaired) electrons. The molecular formula is C3HO6P. The van der Waals surface area contributed by atoms with Crippen LogP contribution in [0.3, 0.4) is 0 Å². The van der Waals surface area contributed by atoms with E-state index >= 15 is 0 Å². The summed E-state index contributed by atoms with van der Waals surface area (Å²) in [6, 6.07) is 0. The van der Waals surface area contributed by atoms with E-state index in [0.29, 0.717) is 0 Å². The van der Waals surface area contributed by atoms with Gasteiger partial charge in [-0.2, -0.15) is 0 Å². The molecule has 0 saturated heterocycles. The summed E-state index contributed by atoms with van der Waals surface area (Å²) < 4.78 is 9.65. The number of aliphatic carboxylic acids is 1. The van der Waals surface area contributed by atoms with Gasteiger partial charge >= 0.3 is 25.3 Å². The van der Waals surface area contributed by atoms with Crippen LogP contribution in [-0.4, -0.2) is 22.4 Å². The molecule has 0 aromatic carbocycles. The lowest BCUT2D eigenvalue weighted by atomic mass is 10.4. The summed E-state index contributed by atoms with van der Waals surface area (Å²) in [4.78, 5) is 39.2. The Labute approximate surface area is 55.3 Å². The molecule has 1 N–H and O–H groups in total. The highest BCUT2D eigenvalue weighted by atomic mass is 31.1. The first-order valence-corrected chi connectivity index (χ1v) is 3.10. The van der Waals surface area contributed by atoms with Crippen LogP contribution in [0, 0.1) is 0 Å². The van der Waals surface area contributed by atoms with E-state index in [9.17, 15) is 23.8 Å². The summed E-state index contributed by atoms with van der Waals surface area (Å²) in [6.45, 7) is 0. The van der Waals surface area contributed by atoms with Crippen molar-refractivity contribution in [2.75, 3.05) is 0 Å². The van der Waals surface area contributed by atoms with Gasteiger partial charge in [-0.3, -0.25) is 4.79 Å². The zero-order chi connectivity index (χ0) is 8.31. The summed E-state index contributed by atoms with van der Waals surface area (Å²) in [5.41, 5.74) is -1.90. The normalized spacial score (nSPS) is 10.3. The van der Waals surface area contributed by atoms with E-state index < -0.39 is 25.3 Å². The first-order chi connectivity index (χ1) is 4.46. The van der Waals surface area contributed by atoms with Gasteiger partial charge in [-0.25, -0.2) is 9.59 Å². The van der Waals surface area contributed by atoms with Gasteiger partial charge in [0.1, 0.15) is 0 Å². The predicted octanol–water partition coefficient (Wildman–Crippen LogP) is -1.73. The lowest BCUT2D eigenvalue weighted by Crippen LogP contribution is -2.22. The van der Waals surface area contributed by atoms with Gasteiger partial charge in [0.15, 0.2) is 0 Å². The zero-order valence-electron chi connectivity index (χ0n) is 4.44. The van der Waals surface area contributed by atoms with Crippen LogP contribution in [0.15, 0.2) is 0 Å². The number of carbonyl (C=O) groups is 3. The van der Waals surface area contributed by atoms with Crippen molar-refractivity contribution in [3.63, 3.8) is 0 Å². The maximum absolute atomic E-state index is 9.96. The molecule has 0 aromatic rings. The maximum Gasteiger partial charge on any atom is 0.439 e. The number of Topliss-reactive ketones (excluding diaryl/α,β-unsaturated/α-hetero) is 1. The molecule has 0 amide bonds. The Morgan fingerprint density at radius 2 is 1.70 bits per heavy atom. The van der Waals surface area contributed by atoms with E-state index in [0.717, 1.165) is 0 Å². The molecule has 6 nitrogen and oxygen atoms in total. The fraction of sp³-hybridized carbons (Fsp3) is 0. The summed E-state index contributed by atoms with van der Waals surface area (Å²) in [6.07, 6.45) is 0. The monoisotopic (exact) mass is 164 g/mol. The molecule has 7 heteroatoms. The van der Waals surface area contributed by atoms with Crippen molar-refractivity contribution in [2.45, 2.75) is 0 Å². The quantitative estimate of drug-likeness (QED) is 0.301. The number of carboxylic acids is 1. The van der Waals surface area contributed by atoms with Crippen LogP contribution in [0.25, 0.3) is 0 Å². The first-order valence-electron chi connectivity index (χ1n) is 1.92. The Morgan fingerprint density at radius 3 is 1.80 bits per heavy atom. The highest BCUT2D eigenvalue weighted by Gasteiger charge is 2.32. The molecule has 10 heavy (non-hydrogen) atoms. The lowest BCUT2D eigenvalue weighted by molar-refractivity contribution is -0.171. The minimum absolute atomic E-state index is 1.90. The third-order valence-corrected chi connectivity index (χ3v) is 1.09. The summed E-state index contributed by atoms with van der Waals surface area (Å²) in [7, 11) is -3.60. The topological polar surface area (TPSA) is 112 Å². The Bertz CT molecular complexity index is 193. The van der Waals surface area contributed by atoms with Crippen molar-refractivity contribution in [3.05, 3.63) is 0 Å². The SMILES string of the molecule is O=C(O)C(=O)C(=O)[P+](=O)[O-]. The van der Waals surface area contributed by atoms with Gasteiger partial charge in [-0.15, -0.1) is 0 Å². The number of rotatable bonds is 3. The molecule has 0 aliphatic carbocycles. The largest absolute Gasteiger partial charge is 0.588 e. The van der Waals surface area contributed by atoms with Gasteiger partial charge in [0.25, 0.3) is 0 Å². The molecule has 0 saturated carbocycles. The van der Waals surface area contributed by atoms with E-state index in [1.807, 2.05) is 0 Å². The molecule has 1 unspecified atom stereocenters. The number of hydrogen-bond donors (Lipinski definition) is 1. The Hall–Kier alpha value is -1.13. The fourth-order valence-electron chi connectivity index (χ4n) is 0.174. The zero-order valence-corrected chi connectivity index (χ0v) is 5.33. The summed E-state index contributed by atoms with van der Waals surface area (Å²) in [5, 5.41) is 7.76.